The van der Waals surface area contributed by atoms with Gasteiger partial charge in [-0.1, -0.05) is 212 Å². The molecule has 4 unspecified atom stereocenters. The van der Waals surface area contributed by atoms with E-state index in [4.69, 9.17) is 51.5 Å². The van der Waals surface area contributed by atoms with Crippen molar-refractivity contribution in [1.82, 2.24) is 49.9 Å². The van der Waals surface area contributed by atoms with Crippen LogP contribution in [0.1, 0.15) is 128 Å². The lowest BCUT2D eigenvalue weighted by atomic mass is 9.80. The SMILES string of the molecule is COc1ccc(C(OC[C@H]2O[C@@H](n3ccc(NC(=O)c4ccc(CNC(=O)C(CNC(=O)OCC5c6ccccc6-c6ccccc65)NC(=O)OCC5c6ccccc6-c6ccccc65)cc4)nc3=O)CC2OP(OCCC#N)OC[C@H]2O[C@@H](n3cnc4c(=O)[nH]c(NC(=O)CCCN(C)C(=O)OCC5c6ccccc6-c6ccccc65)nc43)CC2O)(c2ccccc2)c2ccc(OC)cc2)cc1. The van der Waals surface area contributed by atoms with Crippen molar-refractivity contribution in [2.75, 3.05) is 84.6 Å². The summed E-state index contributed by atoms with van der Waals surface area (Å²) in [7, 11) is 2.24. The summed E-state index contributed by atoms with van der Waals surface area (Å²) in [5.74, 6) is -1.56. The normalized spacial score (nSPS) is 17.1. The molecule has 8 atom stereocenters. The molecule has 0 saturated carbocycles. The van der Waals surface area contributed by atoms with Crippen LogP contribution >= 0.6 is 8.60 Å². The van der Waals surface area contributed by atoms with Crippen LogP contribution in [0, 0.1) is 11.3 Å². The number of alkyl carbamates (subject to hydrolysis) is 2. The molecule has 3 aromatic heterocycles. The third-order valence-corrected chi connectivity index (χ3v) is 26.6. The maximum absolute atomic E-state index is 14.6. The van der Waals surface area contributed by atoms with Gasteiger partial charge in [0, 0.05) is 68.9 Å². The summed E-state index contributed by atoms with van der Waals surface area (Å²) in [6.07, 6.45) is -5.96. The molecule has 6 amide bonds. The molecule has 0 spiro atoms. The van der Waals surface area contributed by atoms with E-state index in [-0.39, 0.29) is 138 Å². The predicted octanol–water partition coefficient (Wildman–Crippen LogP) is 14.8. The summed E-state index contributed by atoms with van der Waals surface area (Å²) in [5, 5.41) is 35.1. The van der Waals surface area contributed by atoms with Gasteiger partial charge in [0.1, 0.15) is 73.4 Å². The molecular weight excluding hydrogens is 1780 g/mol. The Kier molecular flexibility index (Phi) is 28.7. The number of benzene rings is 10. The molecule has 2 aliphatic heterocycles. The van der Waals surface area contributed by atoms with Gasteiger partial charge in [0.15, 0.2) is 11.2 Å². The van der Waals surface area contributed by atoms with Crippen LogP contribution in [0.2, 0.25) is 0 Å². The van der Waals surface area contributed by atoms with Gasteiger partial charge < -0.3 is 82.7 Å². The van der Waals surface area contributed by atoms with Crippen molar-refractivity contribution in [2.24, 2.45) is 0 Å². The number of anilines is 2. The minimum absolute atomic E-state index is 0.00763. The van der Waals surface area contributed by atoms with Gasteiger partial charge in [-0.05, 0) is 138 Å². The number of nitriles is 1. The van der Waals surface area contributed by atoms with Crippen LogP contribution < -0.4 is 47.3 Å². The number of aromatic nitrogens is 6. The Morgan fingerprint density at radius 1 is 0.580 bits per heavy atom. The molecule has 0 bridgehead atoms. The Hall–Kier alpha value is -15.1. The van der Waals surface area contributed by atoms with E-state index in [0.29, 0.717) is 28.2 Å². The highest BCUT2D eigenvalue weighted by molar-refractivity contribution is 7.41. The number of aliphatic hydroxyl groups excluding tert-OH is 1. The van der Waals surface area contributed by atoms with Crippen molar-refractivity contribution in [1.29, 1.82) is 5.26 Å². The number of aliphatic hydroxyl groups is 1. The molecule has 13 aromatic rings. The van der Waals surface area contributed by atoms with E-state index in [1.54, 1.807) is 33.4 Å². The number of H-pyrrole nitrogens is 1. The van der Waals surface area contributed by atoms with E-state index < -0.39 is 104 Å². The number of carbonyl (C=O) groups is 6. The number of aromatic amines is 1. The molecule has 138 heavy (non-hydrogen) atoms. The molecule has 10 aromatic carbocycles. The largest absolute Gasteiger partial charge is 0.497 e. The van der Waals surface area contributed by atoms with E-state index in [2.05, 4.69) is 64.7 Å². The number of ether oxygens (including phenoxy) is 8. The van der Waals surface area contributed by atoms with Gasteiger partial charge in [-0.25, -0.2) is 24.2 Å². The van der Waals surface area contributed by atoms with E-state index in [9.17, 15) is 48.7 Å². The van der Waals surface area contributed by atoms with E-state index in [1.807, 2.05) is 212 Å². The number of fused-ring (bicyclic) bond motifs is 10. The van der Waals surface area contributed by atoms with Crippen molar-refractivity contribution in [2.45, 2.75) is 105 Å². The molecule has 2 saturated heterocycles. The van der Waals surface area contributed by atoms with E-state index in [0.717, 1.165) is 72.3 Å². The summed E-state index contributed by atoms with van der Waals surface area (Å²) >= 11 is 0. The highest BCUT2D eigenvalue weighted by atomic mass is 31.2. The van der Waals surface area contributed by atoms with Crippen LogP contribution in [0.3, 0.4) is 0 Å². The summed E-state index contributed by atoms with van der Waals surface area (Å²) in [6.45, 7) is -0.921. The van der Waals surface area contributed by atoms with Gasteiger partial charge in [0.2, 0.25) is 17.8 Å². The first-order valence-electron chi connectivity index (χ1n) is 45.2. The molecule has 33 nitrogen and oxygen atoms in total. The second-order valence-corrected chi connectivity index (χ2v) is 34.9. The summed E-state index contributed by atoms with van der Waals surface area (Å²) in [6, 6.07) is 80.6. The first-order valence-corrected chi connectivity index (χ1v) is 46.3. The minimum Gasteiger partial charge on any atom is -0.497 e. The molecule has 18 rings (SSSR count). The number of nitrogens with zero attached hydrogens (tertiary/aromatic N) is 7. The molecule has 0 radical (unpaired) electrons. The Bertz CT molecular complexity index is 6620. The minimum atomic E-state index is -2.49. The van der Waals surface area contributed by atoms with Crippen molar-refractivity contribution in [3.63, 3.8) is 0 Å². The predicted molar refractivity (Wildman–Crippen MR) is 509 cm³/mol. The van der Waals surface area contributed by atoms with Crippen molar-refractivity contribution in [3.05, 3.63) is 349 Å². The highest BCUT2D eigenvalue weighted by Gasteiger charge is 2.46. The van der Waals surface area contributed by atoms with Crippen LogP contribution in [0.15, 0.2) is 277 Å². The third-order valence-electron chi connectivity index (χ3n) is 25.4. The lowest BCUT2D eigenvalue weighted by Gasteiger charge is -2.37. The number of rotatable bonds is 37. The average Bonchev–Trinajstić information content (AvgIpc) is 1.71. The van der Waals surface area contributed by atoms with Gasteiger partial charge in [-0.2, -0.15) is 15.2 Å². The third kappa shape index (κ3) is 20.4. The first-order chi connectivity index (χ1) is 67.4. The Morgan fingerprint density at radius 2 is 1.10 bits per heavy atom. The molecule has 5 aliphatic rings. The molecule has 34 heteroatoms. The number of methoxy groups -OCH3 is 2. The monoisotopic (exact) mass is 1880 g/mol. The van der Waals surface area contributed by atoms with Gasteiger partial charge in [0.25, 0.3) is 11.5 Å². The lowest BCUT2D eigenvalue weighted by Crippen LogP contribution is -2.52. The second kappa shape index (κ2) is 42.4. The number of imidazole rings is 1. The quantitative estimate of drug-likeness (QED) is 0.00823. The van der Waals surface area contributed by atoms with Gasteiger partial charge in [0.05, 0.1) is 71.6 Å². The topological polar surface area (TPSA) is 410 Å². The van der Waals surface area contributed by atoms with Crippen LogP contribution in [0.4, 0.5) is 26.1 Å². The zero-order chi connectivity index (χ0) is 95.3. The summed E-state index contributed by atoms with van der Waals surface area (Å²) < 4.78 is 71.7. The zero-order valence-electron chi connectivity index (χ0n) is 75.4. The number of amides is 6. The van der Waals surface area contributed by atoms with Crippen LogP contribution in [-0.2, 0) is 63.7 Å². The molecule has 7 N–H and O–H groups in total. The average molecular weight is 1880 g/mol. The van der Waals surface area contributed by atoms with Gasteiger partial charge >= 0.3 is 32.6 Å². The second-order valence-electron chi connectivity index (χ2n) is 33.7. The summed E-state index contributed by atoms with van der Waals surface area (Å²) in [5.41, 5.74) is 12.4. The fourth-order valence-corrected chi connectivity index (χ4v) is 19.6. The first kappa shape index (κ1) is 93.3. The highest BCUT2D eigenvalue weighted by Crippen LogP contribution is 2.51. The van der Waals surface area contributed by atoms with Gasteiger partial charge in [-0.15, -0.1) is 0 Å². The van der Waals surface area contributed by atoms with Crippen LogP contribution in [-0.4, -0.2) is 180 Å². The number of hydrogen-bond donors (Lipinski definition) is 7. The lowest BCUT2D eigenvalue weighted by molar-refractivity contribution is -0.123. The van der Waals surface area contributed by atoms with Crippen molar-refractivity contribution >= 4 is 67.5 Å². The fraction of sp³-hybridized carbons (Fsp3) is 0.269. The number of carbonyl (C=O) groups excluding carboxylic acids is 6. The van der Waals surface area contributed by atoms with Gasteiger partial charge in [-0.3, -0.25) is 38.6 Å². The smallest absolute Gasteiger partial charge is 0.409 e. The standard InChI is InChI=1S/C104H98N13O20P/c1-115(103(126)131-59-84-80-33-17-11-27-74(80)75-28-12-18-34-81(75)84)50-19-35-91(119)112-99-113-95-94(98(122)114-99)108-62-117(95)92-53-86(118)88(135-92)61-134-138(133-52-20-49-105)137-87-54-93(136-89(87)60-132-104(65-21-5-4-6-22-65,66-40-44-68(127-2)45-41-66)67-42-46-69(128-3)47-43-67)116-51-48-90(111-100(116)123)110-96(120)64-38-36-63(37-39-64)55-106-97(121)85(109-102(125)130-58-83-78-31-15-9-25-72(78)73-26-10-16-32-79(73)83)56-107-101(124)129-57-82-76-29-13-7-23-70(76)71-24-8-14-30-77(71)82/h4-18,21-34,36-48,51,62,82-89,92-93,118H,19-20,35,50,52-61H2,1-3H3,(H,106,121)(H,107,124)(H,109,125)(H,110,111,120,123)(H2,112,113,114,119,122)/t85?,86?,87?,88-,89-,92-,93-,138?/m1/s1. The Balaban J connectivity index is 0.533. The molecule has 2 fully saturated rings. The molecule has 5 heterocycles. The van der Waals surface area contributed by atoms with E-state index in [1.165, 1.54) is 44.8 Å². The maximum Gasteiger partial charge on any atom is 0.409 e. The zero-order valence-corrected chi connectivity index (χ0v) is 76.3. The fourth-order valence-electron chi connectivity index (χ4n) is 18.4. The molecule has 704 valence electrons. The summed E-state index contributed by atoms with van der Waals surface area (Å²) in [4.78, 5) is 128. The van der Waals surface area contributed by atoms with Crippen LogP contribution in [0.25, 0.3) is 44.5 Å². The molecule has 3 aliphatic carbocycles. The van der Waals surface area contributed by atoms with Crippen molar-refractivity contribution in [3.8, 4) is 50.9 Å². The maximum atomic E-state index is 14.6. The van der Waals surface area contributed by atoms with Crippen molar-refractivity contribution < 1.29 is 85.3 Å². The van der Waals surface area contributed by atoms with E-state index >= 15 is 0 Å². The Labute approximate surface area is 793 Å². The molecular formula is C104H98N13O20P. The van der Waals surface area contributed by atoms with Crippen LogP contribution in [0.5, 0.6) is 11.5 Å². The number of hydrogen-bond acceptors (Lipinski definition) is 24. The Morgan fingerprint density at radius 3 is 1.65 bits per heavy atom. The number of nitrogens with one attached hydrogen (secondary N) is 6.